The molecule has 0 atom stereocenters. The van der Waals surface area contributed by atoms with Crippen molar-refractivity contribution in [2.45, 2.75) is 32.4 Å². The van der Waals surface area contributed by atoms with Crippen molar-refractivity contribution in [3.63, 3.8) is 0 Å². The highest BCUT2D eigenvalue weighted by Crippen LogP contribution is 2.28. The van der Waals surface area contributed by atoms with Crippen LogP contribution in [0.15, 0.2) is 36.7 Å². The molecule has 3 heterocycles. The Labute approximate surface area is 170 Å². The number of fused-ring (bicyclic) bond motifs is 2. The summed E-state index contributed by atoms with van der Waals surface area (Å²) >= 11 is 0. The van der Waals surface area contributed by atoms with Crippen LogP contribution in [0, 0.1) is 11.3 Å². The number of hydrogen-bond donors (Lipinski definition) is 0. The van der Waals surface area contributed by atoms with Crippen LogP contribution in [0.5, 0.6) is 0 Å². The Morgan fingerprint density at radius 1 is 1.21 bits per heavy atom. The Morgan fingerprint density at radius 2 is 2.03 bits per heavy atom. The summed E-state index contributed by atoms with van der Waals surface area (Å²) in [6.07, 6.45) is 3.69. The van der Waals surface area contributed by atoms with Crippen LogP contribution in [0.25, 0.3) is 33.5 Å². The first-order valence-corrected chi connectivity index (χ1v) is 13.3. The zero-order valence-corrected chi connectivity index (χ0v) is 18.2. The normalized spacial score (nSPS) is 12.0. The van der Waals surface area contributed by atoms with Crippen LogP contribution in [-0.4, -0.2) is 39.0 Å². The largest absolute Gasteiger partial charge is 0.361 e. The molecular weight excluding hydrogens is 380 g/mol. The second-order valence-electron chi connectivity index (χ2n) is 8.41. The first-order chi connectivity index (χ1) is 13.9. The van der Waals surface area contributed by atoms with Gasteiger partial charge in [-0.3, -0.25) is 4.68 Å². The molecule has 4 aromatic rings. The fourth-order valence-electron chi connectivity index (χ4n) is 3.25. The third-order valence-corrected chi connectivity index (χ3v) is 6.62. The van der Waals surface area contributed by atoms with Crippen molar-refractivity contribution < 1.29 is 4.74 Å². The Kier molecular flexibility index (Phi) is 4.94. The van der Waals surface area contributed by atoms with E-state index in [2.05, 4.69) is 35.8 Å². The highest BCUT2D eigenvalue weighted by Gasteiger charge is 2.15. The van der Waals surface area contributed by atoms with E-state index in [4.69, 9.17) is 9.72 Å². The molecule has 0 aliphatic rings. The third kappa shape index (κ3) is 3.92. The van der Waals surface area contributed by atoms with Gasteiger partial charge in [0, 0.05) is 33.3 Å². The van der Waals surface area contributed by atoms with Crippen LogP contribution >= 0.6 is 0 Å². The monoisotopic (exact) mass is 404 g/mol. The molecule has 8 heteroatoms. The number of rotatable bonds is 6. The molecule has 0 fully saturated rings. The smallest absolute Gasteiger partial charge is 0.160 e. The van der Waals surface area contributed by atoms with Gasteiger partial charge in [0.1, 0.15) is 23.6 Å². The average molecular weight is 405 g/mol. The maximum atomic E-state index is 9.22. The molecule has 0 saturated carbocycles. The Morgan fingerprint density at radius 3 is 2.79 bits per heavy atom. The molecule has 0 aliphatic carbocycles. The lowest BCUT2D eigenvalue weighted by Crippen LogP contribution is -2.22. The van der Waals surface area contributed by atoms with Gasteiger partial charge < -0.3 is 9.30 Å². The molecule has 0 radical (unpaired) electrons. The highest BCUT2D eigenvalue weighted by molar-refractivity contribution is 6.76. The number of aromatic nitrogens is 5. The molecule has 0 spiro atoms. The van der Waals surface area contributed by atoms with Crippen LogP contribution in [0.2, 0.25) is 25.7 Å². The molecule has 4 rings (SSSR count). The lowest BCUT2D eigenvalue weighted by atomic mass is 10.1. The molecule has 148 valence electrons. The number of hydrogen-bond acceptors (Lipinski definition) is 5. The predicted molar refractivity (Wildman–Crippen MR) is 116 cm³/mol. The summed E-state index contributed by atoms with van der Waals surface area (Å²) in [7, 11) is 0.790. The van der Waals surface area contributed by atoms with E-state index in [1.165, 1.54) is 0 Å². The van der Waals surface area contributed by atoms with Crippen molar-refractivity contribution in [3.05, 3.63) is 42.2 Å². The fourth-order valence-corrected chi connectivity index (χ4v) is 4.00. The van der Waals surface area contributed by atoms with E-state index in [1.54, 1.807) is 16.9 Å². The lowest BCUT2D eigenvalue weighted by Gasteiger charge is -2.15. The fraction of sp³-hybridized carbons (Fsp3) is 0.333. The van der Waals surface area contributed by atoms with Gasteiger partial charge in [-0.2, -0.15) is 10.4 Å². The SMILES string of the molecule is Cn1nc(-c2cnc3c(ccn3COCC[Si](C)(C)C)n2)c2cc(C#N)ccc21. The van der Waals surface area contributed by atoms with E-state index in [0.29, 0.717) is 18.0 Å². The van der Waals surface area contributed by atoms with Gasteiger partial charge in [0.25, 0.3) is 0 Å². The minimum atomic E-state index is -1.10. The Hall–Kier alpha value is -3.02. The summed E-state index contributed by atoms with van der Waals surface area (Å²) in [5.41, 5.74) is 4.56. The van der Waals surface area contributed by atoms with Gasteiger partial charge in [0.2, 0.25) is 0 Å². The molecule has 0 amide bonds. The minimum Gasteiger partial charge on any atom is -0.361 e. The number of nitrogens with zero attached hydrogens (tertiary/aromatic N) is 6. The highest BCUT2D eigenvalue weighted by atomic mass is 28.3. The van der Waals surface area contributed by atoms with Crippen molar-refractivity contribution in [2.75, 3.05) is 6.61 Å². The number of ether oxygens (including phenoxy) is 1. The molecule has 7 nitrogen and oxygen atoms in total. The number of benzene rings is 1. The van der Waals surface area contributed by atoms with Crippen LogP contribution in [0.3, 0.4) is 0 Å². The van der Waals surface area contributed by atoms with Gasteiger partial charge in [-0.15, -0.1) is 0 Å². The van der Waals surface area contributed by atoms with Gasteiger partial charge >= 0.3 is 0 Å². The maximum Gasteiger partial charge on any atom is 0.160 e. The molecule has 1 aromatic carbocycles. The number of aryl methyl sites for hydroxylation is 1. The van der Waals surface area contributed by atoms with Crippen molar-refractivity contribution in [1.82, 2.24) is 24.3 Å². The summed E-state index contributed by atoms with van der Waals surface area (Å²) < 4.78 is 9.62. The molecule has 0 unspecified atom stereocenters. The average Bonchev–Trinajstić information content (AvgIpc) is 3.24. The minimum absolute atomic E-state index is 0.472. The van der Waals surface area contributed by atoms with E-state index >= 15 is 0 Å². The van der Waals surface area contributed by atoms with Crippen LogP contribution in [0.4, 0.5) is 0 Å². The van der Waals surface area contributed by atoms with E-state index in [-0.39, 0.29) is 0 Å². The summed E-state index contributed by atoms with van der Waals surface area (Å²) in [4.78, 5) is 9.38. The van der Waals surface area contributed by atoms with Crippen molar-refractivity contribution in [3.8, 4) is 17.5 Å². The van der Waals surface area contributed by atoms with Crippen molar-refractivity contribution in [1.29, 1.82) is 5.26 Å². The molecular formula is C21H24N6OSi. The van der Waals surface area contributed by atoms with Gasteiger partial charge in [0.15, 0.2) is 5.65 Å². The molecule has 0 saturated heterocycles. The van der Waals surface area contributed by atoms with Crippen molar-refractivity contribution >= 4 is 30.1 Å². The van der Waals surface area contributed by atoms with E-state index in [0.717, 1.165) is 40.4 Å². The lowest BCUT2D eigenvalue weighted by molar-refractivity contribution is 0.0899. The van der Waals surface area contributed by atoms with Crippen LogP contribution in [-0.2, 0) is 18.5 Å². The zero-order valence-electron chi connectivity index (χ0n) is 17.2. The summed E-state index contributed by atoms with van der Waals surface area (Å²) in [5.74, 6) is 0. The third-order valence-electron chi connectivity index (χ3n) is 4.91. The zero-order chi connectivity index (χ0) is 20.6. The first-order valence-electron chi connectivity index (χ1n) is 9.62. The van der Waals surface area contributed by atoms with E-state index < -0.39 is 8.07 Å². The first kappa shape index (κ1) is 19.3. The second kappa shape index (κ2) is 7.42. The van der Waals surface area contributed by atoms with E-state index in [1.807, 2.05) is 36.0 Å². The molecule has 0 bridgehead atoms. The summed E-state index contributed by atoms with van der Waals surface area (Å²) in [6, 6.07) is 10.8. The summed E-state index contributed by atoms with van der Waals surface area (Å²) in [6.45, 7) is 8.27. The van der Waals surface area contributed by atoms with Gasteiger partial charge in [-0.1, -0.05) is 19.6 Å². The standard InChI is InChI=1S/C21H24N6OSi/c1-26-19-6-5-15(12-22)11-16(19)20(25-26)18-13-23-21-17(24-18)7-8-27(21)14-28-9-10-29(2,3)4/h5-8,11,13H,9-10,14H2,1-4H3. The number of nitriles is 1. The maximum absolute atomic E-state index is 9.22. The van der Waals surface area contributed by atoms with Gasteiger partial charge in [0.05, 0.1) is 23.3 Å². The topological polar surface area (TPSA) is 81.6 Å². The van der Waals surface area contributed by atoms with Gasteiger partial charge in [-0.05, 0) is 30.3 Å². The molecule has 0 N–H and O–H groups in total. The molecule has 3 aromatic heterocycles. The predicted octanol–water partition coefficient (Wildman–Crippen LogP) is 4.17. The Balaban J connectivity index is 1.62. The molecule has 29 heavy (non-hydrogen) atoms. The summed E-state index contributed by atoms with van der Waals surface area (Å²) in [5, 5.41) is 14.7. The van der Waals surface area contributed by atoms with Crippen LogP contribution < -0.4 is 0 Å². The van der Waals surface area contributed by atoms with Crippen LogP contribution in [0.1, 0.15) is 5.56 Å². The quantitative estimate of drug-likeness (QED) is 0.356. The Bertz CT molecular complexity index is 1230. The van der Waals surface area contributed by atoms with Crippen molar-refractivity contribution in [2.24, 2.45) is 7.05 Å². The second-order valence-corrected chi connectivity index (χ2v) is 14.0. The van der Waals surface area contributed by atoms with Gasteiger partial charge in [-0.25, -0.2) is 9.97 Å². The van der Waals surface area contributed by atoms with E-state index in [9.17, 15) is 5.26 Å². The molecule has 0 aliphatic heterocycles.